The van der Waals surface area contributed by atoms with Crippen LogP contribution in [0.2, 0.25) is 0 Å². The van der Waals surface area contributed by atoms with Crippen LogP contribution in [0.5, 0.6) is 0 Å². The van der Waals surface area contributed by atoms with Gasteiger partial charge in [0.25, 0.3) is 0 Å². The van der Waals surface area contributed by atoms with Crippen LogP contribution in [0.15, 0.2) is 122 Å². The topological polar surface area (TPSA) is 259 Å². The van der Waals surface area contributed by atoms with E-state index in [1.165, 1.54) is 0 Å². The van der Waals surface area contributed by atoms with E-state index in [0.717, 1.165) is 67.8 Å². The summed E-state index contributed by atoms with van der Waals surface area (Å²) in [5, 5.41) is 0. The largest absolute Gasteiger partial charge is 0.368 e. The lowest BCUT2D eigenvalue weighted by Gasteiger charge is -2.02. The van der Waals surface area contributed by atoms with Gasteiger partial charge in [0.05, 0.1) is 22.8 Å². The number of aryl methyl sites for hydroxylation is 4. The summed E-state index contributed by atoms with van der Waals surface area (Å²) in [6, 6.07) is 22.7. The Bertz CT molecular complexity index is 2020. The average molecular weight is 745 g/mol. The van der Waals surface area contributed by atoms with Crippen LogP contribution in [0.25, 0.3) is 45.0 Å². The molecule has 0 unspecified atom stereocenters. The summed E-state index contributed by atoms with van der Waals surface area (Å²) in [4.78, 5) is 48.4. The summed E-state index contributed by atoms with van der Waals surface area (Å²) < 4.78 is 0. The van der Waals surface area contributed by atoms with Crippen molar-refractivity contribution in [1.29, 1.82) is 0 Å². The summed E-state index contributed by atoms with van der Waals surface area (Å²) in [5.74, 6) is 1.21. The van der Waals surface area contributed by atoms with Gasteiger partial charge in [0.1, 0.15) is 0 Å². The molecule has 8 aromatic heterocycles. The normalized spacial score (nSPS) is 10.1. The third-order valence-corrected chi connectivity index (χ3v) is 7.39. The summed E-state index contributed by atoms with van der Waals surface area (Å²) in [5.41, 5.74) is 33.0. The first kappa shape index (κ1) is 39.3. The van der Waals surface area contributed by atoms with Crippen molar-refractivity contribution in [3.8, 4) is 45.0 Å². The van der Waals surface area contributed by atoms with Crippen LogP contribution >= 0.6 is 0 Å². The van der Waals surface area contributed by atoms with Crippen molar-refractivity contribution in [3.63, 3.8) is 0 Å². The molecule has 280 valence electrons. The molecular weight excluding hydrogens is 705 g/mol. The molecule has 8 aromatic rings. The number of rotatable bonds is 4. The Kier molecular flexibility index (Phi) is 13.5. The number of nitrogens with zero attached hydrogens (tertiary/aromatic N) is 12. The molecule has 0 aliphatic carbocycles. The van der Waals surface area contributed by atoms with Gasteiger partial charge in [0.2, 0.25) is 23.8 Å². The predicted octanol–water partition coefficient (Wildman–Crippen LogP) is 5.72. The zero-order valence-electron chi connectivity index (χ0n) is 31.2. The summed E-state index contributed by atoms with van der Waals surface area (Å²) in [6.45, 7) is 7.57. The third kappa shape index (κ3) is 12.1. The fourth-order valence-corrected chi connectivity index (χ4v) is 5.05. The minimum atomic E-state index is 0.303. The fourth-order valence-electron chi connectivity index (χ4n) is 5.05. The van der Waals surface area contributed by atoms with E-state index in [4.69, 9.17) is 22.9 Å². The molecule has 8 heterocycles. The molecule has 0 aliphatic rings. The van der Waals surface area contributed by atoms with E-state index in [2.05, 4.69) is 59.8 Å². The lowest BCUT2D eigenvalue weighted by Crippen LogP contribution is -1.98. The Morgan fingerprint density at radius 1 is 0.286 bits per heavy atom. The molecule has 16 nitrogen and oxygen atoms in total. The van der Waals surface area contributed by atoms with Gasteiger partial charge in [0, 0.05) is 94.6 Å². The van der Waals surface area contributed by atoms with E-state index in [1.54, 1.807) is 49.6 Å². The van der Waals surface area contributed by atoms with Gasteiger partial charge >= 0.3 is 0 Å². The molecular formula is C40H40N16. The Hall–Kier alpha value is -7.88. The molecule has 56 heavy (non-hydrogen) atoms. The maximum absolute atomic E-state index is 5.56. The van der Waals surface area contributed by atoms with Gasteiger partial charge in [-0.3, -0.25) is 19.9 Å². The van der Waals surface area contributed by atoms with Crippen molar-refractivity contribution < 1.29 is 0 Å². The van der Waals surface area contributed by atoms with E-state index < -0.39 is 0 Å². The standard InChI is InChI=1S/4C10H10N4/c4*1-7-6-9(14-10(11)13-7)8-2-4-12-5-3-8/h4*2-6H,1H3,(H2,11,13,14). The quantitative estimate of drug-likeness (QED) is 0.168. The first-order valence-corrected chi connectivity index (χ1v) is 17.1. The van der Waals surface area contributed by atoms with Crippen molar-refractivity contribution in [1.82, 2.24) is 59.8 Å². The first-order valence-electron chi connectivity index (χ1n) is 17.1. The molecule has 0 saturated heterocycles. The van der Waals surface area contributed by atoms with Gasteiger partial charge < -0.3 is 22.9 Å². The second kappa shape index (κ2) is 19.3. The third-order valence-electron chi connectivity index (χ3n) is 7.39. The van der Waals surface area contributed by atoms with Gasteiger partial charge in [-0.1, -0.05) is 0 Å². The highest BCUT2D eigenvalue weighted by Gasteiger charge is 2.04. The maximum Gasteiger partial charge on any atom is 0.220 e. The van der Waals surface area contributed by atoms with Crippen molar-refractivity contribution >= 4 is 23.8 Å². The molecule has 8 N–H and O–H groups in total. The van der Waals surface area contributed by atoms with Crippen molar-refractivity contribution in [3.05, 3.63) is 145 Å². The molecule has 0 fully saturated rings. The van der Waals surface area contributed by atoms with Crippen LogP contribution in [0.4, 0.5) is 23.8 Å². The predicted molar refractivity (Wildman–Crippen MR) is 218 cm³/mol. The lowest BCUT2D eigenvalue weighted by atomic mass is 10.2. The molecule has 0 aromatic carbocycles. The van der Waals surface area contributed by atoms with Gasteiger partial charge in [-0.15, -0.1) is 0 Å². The highest BCUT2D eigenvalue weighted by atomic mass is 15.0. The molecule has 8 rings (SSSR count). The maximum atomic E-state index is 5.56. The van der Waals surface area contributed by atoms with Gasteiger partial charge in [-0.2, -0.15) is 0 Å². The molecule has 0 radical (unpaired) electrons. The number of nitrogens with two attached hydrogens (primary N) is 4. The highest BCUT2D eigenvalue weighted by Crippen LogP contribution is 2.19. The fraction of sp³-hybridized carbons (Fsp3) is 0.100. The SMILES string of the molecule is Cc1cc(-c2ccncc2)nc(N)n1.Cc1cc(-c2ccncc2)nc(N)n1.Cc1cc(-c2ccncc2)nc(N)n1.Cc1cc(-c2ccncc2)nc(N)n1. The minimum Gasteiger partial charge on any atom is -0.368 e. The van der Waals surface area contributed by atoms with Crippen LogP contribution in [0, 0.1) is 27.7 Å². The number of nitrogen functional groups attached to an aromatic ring is 4. The number of aromatic nitrogens is 12. The van der Waals surface area contributed by atoms with E-state index in [9.17, 15) is 0 Å². The van der Waals surface area contributed by atoms with Crippen molar-refractivity contribution in [2.45, 2.75) is 27.7 Å². The molecule has 16 heteroatoms. The zero-order valence-corrected chi connectivity index (χ0v) is 31.2. The molecule has 0 atom stereocenters. The molecule has 0 amide bonds. The van der Waals surface area contributed by atoms with E-state index in [0.29, 0.717) is 23.8 Å². The highest BCUT2D eigenvalue weighted by molar-refractivity contribution is 5.62. The average Bonchev–Trinajstić information content (AvgIpc) is 3.19. The number of anilines is 4. The Labute approximate surface area is 323 Å². The van der Waals surface area contributed by atoms with Crippen LogP contribution in [0.3, 0.4) is 0 Å². The molecule has 0 bridgehead atoms. The second-order valence-corrected chi connectivity index (χ2v) is 12.0. The first-order chi connectivity index (χ1) is 27.0. The minimum absolute atomic E-state index is 0.303. The van der Waals surface area contributed by atoms with E-state index >= 15 is 0 Å². The number of hydrogen-bond donors (Lipinski definition) is 4. The monoisotopic (exact) mass is 744 g/mol. The van der Waals surface area contributed by atoms with Crippen LogP contribution in [-0.4, -0.2) is 59.8 Å². The molecule has 0 aliphatic heterocycles. The molecule has 0 spiro atoms. The number of pyridine rings is 4. The summed E-state index contributed by atoms with van der Waals surface area (Å²) in [6.07, 6.45) is 13.8. The van der Waals surface area contributed by atoms with Gasteiger partial charge in [0.15, 0.2) is 0 Å². The smallest absolute Gasteiger partial charge is 0.220 e. The Morgan fingerprint density at radius 2 is 0.464 bits per heavy atom. The van der Waals surface area contributed by atoms with Crippen LogP contribution < -0.4 is 22.9 Å². The van der Waals surface area contributed by atoms with E-state index in [-0.39, 0.29) is 0 Å². The molecule has 0 saturated carbocycles. The summed E-state index contributed by atoms with van der Waals surface area (Å²) in [7, 11) is 0. The number of hydrogen-bond acceptors (Lipinski definition) is 16. The lowest BCUT2D eigenvalue weighted by molar-refractivity contribution is 1.12. The van der Waals surface area contributed by atoms with Gasteiger partial charge in [-0.05, 0) is 100 Å². The van der Waals surface area contributed by atoms with Crippen LogP contribution in [-0.2, 0) is 0 Å². The van der Waals surface area contributed by atoms with Crippen LogP contribution in [0.1, 0.15) is 22.8 Å². The van der Waals surface area contributed by atoms with Gasteiger partial charge in [-0.25, -0.2) is 39.9 Å². The zero-order chi connectivity index (χ0) is 39.9. The summed E-state index contributed by atoms with van der Waals surface area (Å²) >= 11 is 0. The van der Waals surface area contributed by atoms with Crippen molar-refractivity contribution in [2.24, 2.45) is 0 Å². The van der Waals surface area contributed by atoms with E-state index in [1.807, 2.05) is 100 Å². The Morgan fingerprint density at radius 3 is 0.625 bits per heavy atom. The second-order valence-electron chi connectivity index (χ2n) is 12.0. The Balaban J connectivity index is 0.000000143. The van der Waals surface area contributed by atoms with Crippen molar-refractivity contribution in [2.75, 3.05) is 22.9 Å².